The van der Waals surface area contributed by atoms with Crippen molar-refractivity contribution < 1.29 is 19.5 Å². The van der Waals surface area contributed by atoms with Crippen LogP contribution in [0.15, 0.2) is 24.3 Å². The summed E-state index contributed by atoms with van der Waals surface area (Å²) in [4.78, 5) is 42.2. The molecule has 6 heteroatoms. The maximum atomic E-state index is 13.4. The van der Waals surface area contributed by atoms with Crippen LogP contribution in [0.2, 0.25) is 0 Å². The molecule has 28 heavy (non-hydrogen) atoms. The van der Waals surface area contributed by atoms with Crippen LogP contribution in [0.1, 0.15) is 50.6 Å². The van der Waals surface area contributed by atoms with Gasteiger partial charge in [-0.05, 0) is 43.9 Å². The summed E-state index contributed by atoms with van der Waals surface area (Å²) in [5, 5.41) is 10.2. The molecule has 1 aliphatic heterocycles. The minimum absolute atomic E-state index is 0.0862. The molecule has 1 heterocycles. The summed E-state index contributed by atoms with van der Waals surface area (Å²) in [6, 6.07) is 7.32. The van der Waals surface area contributed by atoms with Crippen molar-refractivity contribution in [1.29, 1.82) is 0 Å². The Morgan fingerprint density at radius 1 is 1.14 bits per heavy atom. The first-order chi connectivity index (χ1) is 13.3. The summed E-state index contributed by atoms with van der Waals surface area (Å²) < 4.78 is 0. The monoisotopic (exact) mass is 384 g/mol. The zero-order chi connectivity index (χ0) is 20.2. The molecule has 3 aliphatic rings. The third-order valence-corrected chi connectivity index (χ3v) is 7.22. The van der Waals surface area contributed by atoms with Crippen molar-refractivity contribution in [2.24, 2.45) is 17.8 Å². The molecule has 0 bridgehead atoms. The third-order valence-electron chi connectivity index (χ3n) is 7.22. The molecule has 2 saturated carbocycles. The van der Waals surface area contributed by atoms with Crippen molar-refractivity contribution >= 4 is 23.3 Å². The summed E-state index contributed by atoms with van der Waals surface area (Å²) in [7, 11) is 3.91. The van der Waals surface area contributed by atoms with Crippen LogP contribution in [0.3, 0.4) is 0 Å². The van der Waals surface area contributed by atoms with Crippen LogP contribution in [0.25, 0.3) is 0 Å². The van der Waals surface area contributed by atoms with Gasteiger partial charge in [-0.2, -0.15) is 0 Å². The Kier molecular flexibility index (Phi) is 4.47. The molecule has 3 fully saturated rings. The fourth-order valence-electron chi connectivity index (χ4n) is 5.33. The molecule has 6 nitrogen and oxygen atoms in total. The van der Waals surface area contributed by atoms with Crippen LogP contribution < -0.4 is 4.90 Å². The van der Waals surface area contributed by atoms with Gasteiger partial charge in [-0.1, -0.05) is 18.6 Å². The molecule has 0 spiro atoms. The van der Waals surface area contributed by atoms with Crippen LogP contribution in [0.4, 0.5) is 5.69 Å². The molecule has 0 radical (unpaired) electrons. The normalized spacial score (nSPS) is 32.2. The molecular weight excluding hydrogens is 356 g/mol. The highest BCUT2D eigenvalue weighted by Gasteiger charge is 2.66. The molecule has 4 unspecified atom stereocenters. The molecule has 1 saturated heterocycles. The van der Waals surface area contributed by atoms with E-state index >= 15 is 0 Å². The fourth-order valence-corrected chi connectivity index (χ4v) is 5.33. The van der Waals surface area contributed by atoms with E-state index in [1.807, 2.05) is 43.3 Å². The van der Waals surface area contributed by atoms with Gasteiger partial charge < -0.3 is 14.9 Å². The molecule has 1 aromatic carbocycles. The highest BCUT2D eigenvalue weighted by atomic mass is 16.4. The minimum Gasteiger partial charge on any atom is -0.479 e. The lowest BCUT2D eigenvalue weighted by Crippen LogP contribution is -2.56. The molecule has 1 aromatic rings. The molecule has 0 aromatic heterocycles. The van der Waals surface area contributed by atoms with Crippen molar-refractivity contribution in [3.05, 3.63) is 29.8 Å². The molecule has 1 amide bonds. The van der Waals surface area contributed by atoms with Gasteiger partial charge in [0.1, 0.15) is 11.3 Å². The molecule has 4 atom stereocenters. The van der Waals surface area contributed by atoms with Crippen LogP contribution in [0.5, 0.6) is 0 Å². The van der Waals surface area contributed by atoms with Crippen molar-refractivity contribution in [1.82, 2.24) is 4.90 Å². The number of Topliss-reactive ketones (excluding diaryl/α,β-unsaturated/α-hetero) is 1. The summed E-state index contributed by atoms with van der Waals surface area (Å²) in [5.41, 5.74) is 0.538. The number of anilines is 1. The third kappa shape index (κ3) is 2.57. The van der Waals surface area contributed by atoms with Crippen LogP contribution in [-0.4, -0.2) is 47.3 Å². The van der Waals surface area contributed by atoms with Crippen LogP contribution in [-0.2, 0) is 14.4 Å². The largest absolute Gasteiger partial charge is 0.479 e. The number of fused-ring (bicyclic) bond motifs is 1. The Labute approximate surface area is 165 Å². The van der Waals surface area contributed by atoms with Gasteiger partial charge in [0.2, 0.25) is 5.91 Å². The Morgan fingerprint density at radius 2 is 1.79 bits per heavy atom. The highest BCUT2D eigenvalue weighted by molar-refractivity contribution is 5.95. The molecule has 150 valence electrons. The summed E-state index contributed by atoms with van der Waals surface area (Å²) in [5.74, 6) is -1.90. The number of ketones is 1. The number of carbonyl (C=O) groups excluding carboxylic acids is 2. The molecule has 4 rings (SSSR count). The highest BCUT2D eigenvalue weighted by Crippen LogP contribution is 2.57. The van der Waals surface area contributed by atoms with Gasteiger partial charge in [-0.3, -0.25) is 9.59 Å². The number of likely N-dealkylation sites (tertiary alicyclic amines) is 1. The first-order valence-corrected chi connectivity index (χ1v) is 10.1. The van der Waals surface area contributed by atoms with Gasteiger partial charge >= 0.3 is 5.97 Å². The molecular formula is C22H28N2O4. The van der Waals surface area contributed by atoms with E-state index in [1.54, 1.807) is 11.8 Å². The van der Waals surface area contributed by atoms with Gasteiger partial charge in [0.15, 0.2) is 0 Å². The number of nitrogens with zero attached hydrogens (tertiary/aromatic N) is 2. The molecule has 1 N–H and O–H groups in total. The topological polar surface area (TPSA) is 77.9 Å². The second kappa shape index (κ2) is 6.61. The van der Waals surface area contributed by atoms with E-state index in [2.05, 4.69) is 0 Å². The Bertz CT molecular complexity index is 814. The smallest absolute Gasteiger partial charge is 0.329 e. The van der Waals surface area contributed by atoms with E-state index in [0.29, 0.717) is 12.8 Å². The van der Waals surface area contributed by atoms with Gasteiger partial charge in [0, 0.05) is 44.0 Å². The van der Waals surface area contributed by atoms with E-state index in [0.717, 1.165) is 30.5 Å². The predicted molar refractivity (Wildman–Crippen MR) is 105 cm³/mol. The lowest BCUT2D eigenvalue weighted by molar-refractivity contribution is -0.162. The average molecular weight is 384 g/mol. The first-order valence-electron chi connectivity index (χ1n) is 10.1. The van der Waals surface area contributed by atoms with Crippen molar-refractivity contribution in [3.63, 3.8) is 0 Å². The van der Waals surface area contributed by atoms with Gasteiger partial charge in [0.05, 0.1) is 6.04 Å². The fraction of sp³-hybridized carbons (Fsp3) is 0.591. The Hall–Kier alpha value is -2.37. The van der Waals surface area contributed by atoms with E-state index in [4.69, 9.17) is 0 Å². The number of amides is 1. The summed E-state index contributed by atoms with van der Waals surface area (Å²) >= 11 is 0. The van der Waals surface area contributed by atoms with Gasteiger partial charge in [-0.25, -0.2) is 4.79 Å². The summed E-state index contributed by atoms with van der Waals surface area (Å²) in [6.45, 7) is 1.65. The van der Waals surface area contributed by atoms with E-state index in [-0.39, 0.29) is 23.5 Å². The number of hydrogen-bond donors (Lipinski definition) is 1. The number of carbonyl (C=O) groups is 3. The van der Waals surface area contributed by atoms with E-state index in [1.165, 1.54) is 0 Å². The predicted octanol–water partition coefficient (Wildman–Crippen LogP) is 2.87. The van der Waals surface area contributed by atoms with E-state index in [9.17, 15) is 19.5 Å². The van der Waals surface area contributed by atoms with Gasteiger partial charge in [0.25, 0.3) is 0 Å². The van der Waals surface area contributed by atoms with Crippen LogP contribution in [0, 0.1) is 17.8 Å². The van der Waals surface area contributed by atoms with Crippen molar-refractivity contribution in [3.8, 4) is 0 Å². The number of benzene rings is 1. The maximum absolute atomic E-state index is 13.4. The number of rotatable bonds is 4. The first kappa shape index (κ1) is 19.0. The second-order valence-electron chi connectivity index (χ2n) is 8.86. The number of hydrogen-bond acceptors (Lipinski definition) is 4. The number of carboxylic acid groups (broad SMARTS) is 1. The zero-order valence-electron chi connectivity index (χ0n) is 16.7. The molecule has 2 aliphatic carbocycles. The number of carboxylic acids is 1. The SMILES string of the molecule is CN(C)c1ccc(C2C3C(=O)CCC3C(C)(C(=O)O)N2C(=O)C2CCC2)cc1. The van der Waals surface area contributed by atoms with Crippen molar-refractivity contribution in [2.75, 3.05) is 19.0 Å². The zero-order valence-corrected chi connectivity index (χ0v) is 16.7. The van der Waals surface area contributed by atoms with E-state index < -0.39 is 23.5 Å². The Morgan fingerprint density at radius 3 is 2.29 bits per heavy atom. The van der Waals surface area contributed by atoms with Crippen molar-refractivity contribution in [2.45, 2.75) is 50.6 Å². The quantitative estimate of drug-likeness (QED) is 0.864. The average Bonchev–Trinajstić information content (AvgIpc) is 3.11. The maximum Gasteiger partial charge on any atom is 0.329 e. The van der Waals surface area contributed by atoms with Gasteiger partial charge in [-0.15, -0.1) is 0 Å². The second-order valence-corrected chi connectivity index (χ2v) is 8.86. The lowest BCUT2D eigenvalue weighted by Gasteiger charge is -2.41. The number of aliphatic carboxylic acids is 1. The standard InChI is InChI=1S/C22H28N2O4/c1-22(21(27)28)16-11-12-17(25)18(16)19(24(22)20(26)14-5-4-6-14)13-7-9-15(10-8-13)23(2)3/h7-10,14,16,18-19H,4-6,11-12H2,1-3H3,(H,27,28). The lowest BCUT2D eigenvalue weighted by atomic mass is 9.80. The minimum atomic E-state index is -1.34. The van der Waals surface area contributed by atoms with Crippen LogP contribution >= 0.6 is 0 Å². The summed E-state index contributed by atoms with van der Waals surface area (Å²) in [6.07, 6.45) is 3.55. The Balaban J connectivity index is 1.82.